The van der Waals surface area contributed by atoms with Gasteiger partial charge in [0.2, 0.25) is 5.82 Å². The summed E-state index contributed by atoms with van der Waals surface area (Å²) in [5.74, 6) is -2.11. The topological polar surface area (TPSA) is 245 Å². The quantitative estimate of drug-likeness (QED) is 0.173. The van der Waals surface area contributed by atoms with Gasteiger partial charge in [-0.1, -0.05) is 30.3 Å². The Morgan fingerprint density at radius 1 is 0.825 bits per heavy atom. The first-order valence-corrected chi connectivity index (χ1v) is 12.0. The van der Waals surface area contributed by atoms with Crippen molar-refractivity contribution in [1.29, 1.82) is 0 Å². The van der Waals surface area contributed by atoms with Crippen LogP contribution in [-0.2, 0) is 39.8 Å². The van der Waals surface area contributed by atoms with Gasteiger partial charge in [0.25, 0.3) is 5.91 Å². The van der Waals surface area contributed by atoms with Gasteiger partial charge in [0.05, 0.1) is 6.54 Å². The first-order valence-electron chi connectivity index (χ1n) is 12.0. The number of carboxylic acid groups (broad SMARTS) is 1. The third-order valence-electron chi connectivity index (χ3n) is 6.36. The van der Waals surface area contributed by atoms with Gasteiger partial charge in [-0.3, -0.25) is 4.79 Å². The van der Waals surface area contributed by atoms with Gasteiger partial charge < -0.3 is 54.5 Å². The molecule has 10 unspecified atom stereocenters. The predicted octanol–water partition coefficient (Wildman–Crippen LogP) is -3.43. The van der Waals surface area contributed by atoms with Gasteiger partial charge >= 0.3 is 5.97 Å². The van der Waals surface area contributed by atoms with E-state index in [1.807, 2.05) is 6.07 Å². The molecular weight excluding hydrogens is 538 g/mol. The van der Waals surface area contributed by atoms with Gasteiger partial charge in [0, 0.05) is 19.8 Å². The average Bonchev–Trinajstić information content (AvgIpc) is 2.97. The van der Waals surface area contributed by atoms with Gasteiger partial charge in [-0.15, -0.1) is 20.4 Å². The Balaban J connectivity index is 1.48. The molecule has 2 saturated heterocycles. The second-order valence-corrected chi connectivity index (χ2v) is 8.91. The molecule has 3 heterocycles. The molecule has 2 aromatic rings. The number of carbonyl (C=O) groups is 2. The maximum absolute atomic E-state index is 13.1. The van der Waals surface area contributed by atoms with Crippen molar-refractivity contribution in [2.45, 2.75) is 68.0 Å². The molecule has 40 heavy (non-hydrogen) atoms. The Labute approximate surface area is 226 Å². The SMILES string of the molecule is COC1OC(C(=O)NCc2nnc(-c3ccccc3)nn2)C(OC2OC(C(=O)O)C(OC)C(O)C2O)C(O)C1O. The van der Waals surface area contributed by atoms with E-state index in [2.05, 4.69) is 25.7 Å². The standard InChI is InChI=1S/C23H29N5O12/c1-36-15-11(29)14(32)23(40-18(15)21(34)35)38-16-12(30)13(31)22(37-2)39-17(16)20(33)24-8-10-25-27-19(28-26-10)9-6-4-3-5-7-9/h3-7,11-18,22-23,29-32H,8H2,1-2H3,(H,24,33)(H,34,35). The second-order valence-electron chi connectivity index (χ2n) is 8.91. The van der Waals surface area contributed by atoms with E-state index in [-0.39, 0.29) is 18.2 Å². The smallest absolute Gasteiger partial charge is 0.335 e. The molecule has 17 nitrogen and oxygen atoms in total. The number of nitrogens with one attached hydrogen (secondary N) is 1. The van der Waals surface area contributed by atoms with Crippen molar-refractivity contribution >= 4 is 11.9 Å². The number of hydrogen-bond acceptors (Lipinski definition) is 15. The van der Waals surface area contributed by atoms with Crippen LogP contribution in [0.4, 0.5) is 0 Å². The van der Waals surface area contributed by atoms with Crippen LogP contribution in [0.1, 0.15) is 5.82 Å². The molecule has 2 fully saturated rings. The largest absolute Gasteiger partial charge is 0.479 e. The molecule has 218 valence electrons. The molecule has 0 aliphatic carbocycles. The number of aliphatic hydroxyl groups excluding tert-OH is 4. The van der Waals surface area contributed by atoms with Gasteiger partial charge in [-0.2, -0.15) is 0 Å². The van der Waals surface area contributed by atoms with Gasteiger partial charge in [0.1, 0.15) is 36.6 Å². The molecule has 1 amide bonds. The Morgan fingerprint density at radius 2 is 1.43 bits per heavy atom. The highest BCUT2D eigenvalue weighted by atomic mass is 16.7. The lowest BCUT2D eigenvalue weighted by molar-refractivity contribution is -0.348. The Bertz CT molecular complexity index is 1140. The maximum Gasteiger partial charge on any atom is 0.335 e. The summed E-state index contributed by atoms with van der Waals surface area (Å²) in [6, 6.07) is 8.96. The number of hydrogen-bond donors (Lipinski definition) is 6. The normalized spacial score (nSPS) is 34.2. The fourth-order valence-electron chi connectivity index (χ4n) is 4.25. The molecule has 2 aliphatic heterocycles. The van der Waals surface area contributed by atoms with Crippen molar-refractivity contribution in [1.82, 2.24) is 25.7 Å². The molecule has 1 aromatic heterocycles. The van der Waals surface area contributed by atoms with Crippen LogP contribution in [0.15, 0.2) is 30.3 Å². The fraction of sp³-hybridized carbons (Fsp3) is 0.565. The van der Waals surface area contributed by atoms with E-state index in [0.717, 1.165) is 7.11 Å². The molecule has 2 aliphatic rings. The number of carboxylic acids is 1. The number of rotatable bonds is 9. The minimum atomic E-state index is -1.87. The van der Waals surface area contributed by atoms with Crippen molar-refractivity contribution in [3.8, 4) is 11.4 Å². The van der Waals surface area contributed by atoms with Crippen molar-refractivity contribution in [3.05, 3.63) is 36.2 Å². The highest BCUT2D eigenvalue weighted by Crippen LogP contribution is 2.30. The van der Waals surface area contributed by atoms with Crippen LogP contribution >= 0.6 is 0 Å². The van der Waals surface area contributed by atoms with Crippen LogP contribution in [0, 0.1) is 0 Å². The monoisotopic (exact) mass is 567 g/mol. The zero-order valence-electron chi connectivity index (χ0n) is 21.3. The molecule has 17 heteroatoms. The Hall–Kier alpha value is -3.26. The summed E-state index contributed by atoms with van der Waals surface area (Å²) in [5.41, 5.74) is 0.686. The van der Waals surface area contributed by atoms with E-state index in [4.69, 9.17) is 23.7 Å². The van der Waals surface area contributed by atoms with Crippen LogP contribution in [0.25, 0.3) is 11.4 Å². The summed E-state index contributed by atoms with van der Waals surface area (Å²) in [6.07, 6.45) is -17.1. The molecule has 0 saturated carbocycles. The molecular formula is C23H29N5O12. The summed E-state index contributed by atoms with van der Waals surface area (Å²) >= 11 is 0. The molecule has 1 aromatic carbocycles. The van der Waals surface area contributed by atoms with Crippen LogP contribution < -0.4 is 5.32 Å². The number of carbonyl (C=O) groups excluding carboxylic acids is 1. The van der Waals surface area contributed by atoms with Crippen LogP contribution in [0.5, 0.6) is 0 Å². The van der Waals surface area contributed by atoms with E-state index in [9.17, 15) is 35.1 Å². The average molecular weight is 568 g/mol. The zero-order valence-corrected chi connectivity index (χ0v) is 21.3. The highest BCUT2D eigenvalue weighted by Gasteiger charge is 2.54. The van der Waals surface area contributed by atoms with Gasteiger partial charge in [0.15, 0.2) is 30.6 Å². The van der Waals surface area contributed by atoms with Gasteiger partial charge in [-0.05, 0) is 0 Å². The number of amides is 1. The van der Waals surface area contributed by atoms with Crippen molar-refractivity contribution in [2.24, 2.45) is 0 Å². The Kier molecular flexibility index (Phi) is 9.61. The summed E-state index contributed by atoms with van der Waals surface area (Å²) < 4.78 is 26.3. The van der Waals surface area contributed by atoms with Crippen molar-refractivity contribution in [2.75, 3.05) is 14.2 Å². The zero-order chi connectivity index (χ0) is 29.0. The molecule has 0 spiro atoms. The highest BCUT2D eigenvalue weighted by molar-refractivity contribution is 5.81. The number of aliphatic hydroxyl groups is 4. The molecule has 0 radical (unpaired) electrons. The Morgan fingerprint density at radius 3 is 2.02 bits per heavy atom. The number of ether oxygens (including phenoxy) is 5. The lowest BCUT2D eigenvalue weighted by atomic mass is 9.96. The van der Waals surface area contributed by atoms with Crippen molar-refractivity contribution < 1.29 is 58.8 Å². The second kappa shape index (κ2) is 12.9. The number of aliphatic carboxylic acids is 1. The third-order valence-corrected chi connectivity index (χ3v) is 6.36. The number of aromatic nitrogens is 4. The first-order chi connectivity index (χ1) is 19.2. The summed E-state index contributed by atoms with van der Waals surface area (Å²) in [4.78, 5) is 24.8. The lowest BCUT2D eigenvalue weighted by Gasteiger charge is -2.45. The van der Waals surface area contributed by atoms with Crippen LogP contribution in [0.2, 0.25) is 0 Å². The van der Waals surface area contributed by atoms with E-state index < -0.39 is 73.3 Å². The minimum Gasteiger partial charge on any atom is -0.479 e. The number of nitrogens with zero attached hydrogens (tertiary/aromatic N) is 4. The first kappa shape index (κ1) is 29.7. The maximum atomic E-state index is 13.1. The molecule has 4 rings (SSSR count). The summed E-state index contributed by atoms with van der Waals surface area (Å²) in [6.45, 7) is -0.269. The lowest BCUT2D eigenvalue weighted by Crippen LogP contribution is -2.66. The molecule has 6 N–H and O–H groups in total. The number of methoxy groups -OCH3 is 2. The van der Waals surface area contributed by atoms with E-state index in [1.165, 1.54) is 7.11 Å². The van der Waals surface area contributed by atoms with Crippen molar-refractivity contribution in [3.63, 3.8) is 0 Å². The fourth-order valence-corrected chi connectivity index (χ4v) is 4.25. The molecule has 0 bridgehead atoms. The summed E-state index contributed by atoms with van der Waals surface area (Å²) in [7, 11) is 2.29. The van der Waals surface area contributed by atoms with E-state index >= 15 is 0 Å². The third kappa shape index (κ3) is 6.22. The predicted molar refractivity (Wildman–Crippen MR) is 127 cm³/mol. The molecule has 10 atom stereocenters. The summed E-state index contributed by atoms with van der Waals surface area (Å²) in [5, 5.41) is 69.7. The number of benzene rings is 1. The van der Waals surface area contributed by atoms with Crippen LogP contribution in [-0.4, -0.2) is 133 Å². The van der Waals surface area contributed by atoms with E-state index in [1.54, 1.807) is 24.3 Å². The van der Waals surface area contributed by atoms with Gasteiger partial charge in [-0.25, -0.2) is 4.79 Å². The van der Waals surface area contributed by atoms with Crippen LogP contribution in [0.3, 0.4) is 0 Å². The van der Waals surface area contributed by atoms with E-state index in [0.29, 0.717) is 5.56 Å². The minimum absolute atomic E-state index is 0.0363.